The first-order valence-electron chi connectivity index (χ1n) is 25.6. The summed E-state index contributed by atoms with van der Waals surface area (Å²) in [5, 5.41) is 0. The van der Waals surface area contributed by atoms with Crippen molar-refractivity contribution in [1.29, 1.82) is 0 Å². The van der Waals surface area contributed by atoms with Crippen LogP contribution in [0.15, 0.2) is 48.6 Å². The summed E-state index contributed by atoms with van der Waals surface area (Å²) in [6.45, 7) is 6.56. The van der Waals surface area contributed by atoms with Gasteiger partial charge in [-0.3, -0.25) is 14.4 Å². The molecular weight excluding hydrogens is 745 g/mol. The van der Waals surface area contributed by atoms with Gasteiger partial charge in [-0.2, -0.15) is 0 Å². The lowest BCUT2D eigenvalue weighted by Crippen LogP contribution is -2.30. The van der Waals surface area contributed by atoms with Gasteiger partial charge in [-0.05, 0) is 96.3 Å². The second kappa shape index (κ2) is 49.0. The molecule has 6 heteroatoms. The average molecular weight is 841 g/mol. The van der Waals surface area contributed by atoms with Crippen LogP contribution in [0.25, 0.3) is 0 Å². The standard InChI is InChI=1S/C54H96O6/c1-4-7-10-13-16-19-22-25-28-31-34-37-40-43-46-52(55)58-49-51(60-54(57)48-45-42-39-36-33-30-27-24-21-18-15-12-9-6-3)50-59-53(56)47-44-41-38-35-32-29-26-23-20-17-14-11-8-5-2/h13,16,22-27,51H,4-12,14-15,17-21,28-50H2,1-3H3/b16-13-,25-22-,26-23-,27-24-/t51-/m0/s1. The molecule has 0 aliphatic heterocycles. The Balaban J connectivity index is 4.42. The molecule has 0 aliphatic carbocycles. The molecule has 0 saturated heterocycles. The molecule has 0 aliphatic rings. The first-order valence-corrected chi connectivity index (χ1v) is 25.6. The number of carbonyl (C=O) groups excluding carboxylic acids is 3. The second-order valence-corrected chi connectivity index (χ2v) is 17.1. The van der Waals surface area contributed by atoms with Gasteiger partial charge in [0.15, 0.2) is 6.10 Å². The number of ether oxygens (including phenoxy) is 3. The van der Waals surface area contributed by atoms with Crippen LogP contribution in [-0.4, -0.2) is 37.2 Å². The number of carbonyl (C=O) groups is 3. The monoisotopic (exact) mass is 841 g/mol. The van der Waals surface area contributed by atoms with Crippen molar-refractivity contribution in [1.82, 2.24) is 0 Å². The van der Waals surface area contributed by atoms with Crippen LogP contribution in [0.5, 0.6) is 0 Å². The quantitative estimate of drug-likeness (QED) is 0.0263. The molecule has 0 N–H and O–H groups in total. The van der Waals surface area contributed by atoms with E-state index in [1.807, 2.05) is 0 Å². The molecule has 0 fully saturated rings. The lowest BCUT2D eigenvalue weighted by atomic mass is 10.1. The third-order valence-corrected chi connectivity index (χ3v) is 11.0. The highest BCUT2D eigenvalue weighted by Gasteiger charge is 2.19. The second-order valence-electron chi connectivity index (χ2n) is 17.1. The Morgan fingerprint density at radius 1 is 0.333 bits per heavy atom. The number of rotatable bonds is 46. The molecule has 0 aromatic rings. The van der Waals surface area contributed by atoms with Gasteiger partial charge in [-0.25, -0.2) is 0 Å². The summed E-state index contributed by atoms with van der Waals surface area (Å²) in [6.07, 6.45) is 58.0. The van der Waals surface area contributed by atoms with Crippen LogP contribution in [0.3, 0.4) is 0 Å². The van der Waals surface area contributed by atoms with Gasteiger partial charge in [-0.15, -0.1) is 0 Å². The van der Waals surface area contributed by atoms with Crippen LogP contribution < -0.4 is 0 Å². The molecule has 1 atom stereocenters. The normalized spacial score (nSPS) is 12.4. The largest absolute Gasteiger partial charge is 0.462 e. The van der Waals surface area contributed by atoms with Gasteiger partial charge in [0.05, 0.1) is 0 Å². The first kappa shape index (κ1) is 57.4. The van der Waals surface area contributed by atoms with Crippen LogP contribution in [0.1, 0.15) is 258 Å². The van der Waals surface area contributed by atoms with Crippen molar-refractivity contribution in [3.63, 3.8) is 0 Å². The number of esters is 3. The van der Waals surface area contributed by atoms with Crippen LogP contribution in [0, 0.1) is 0 Å². The van der Waals surface area contributed by atoms with Crippen LogP contribution in [0.2, 0.25) is 0 Å². The van der Waals surface area contributed by atoms with Crippen molar-refractivity contribution in [3.8, 4) is 0 Å². The lowest BCUT2D eigenvalue weighted by molar-refractivity contribution is -0.167. The summed E-state index contributed by atoms with van der Waals surface area (Å²) < 4.78 is 16.8. The first-order chi connectivity index (χ1) is 29.5. The molecule has 0 radical (unpaired) electrons. The van der Waals surface area contributed by atoms with Crippen molar-refractivity contribution in [2.75, 3.05) is 13.2 Å². The van der Waals surface area contributed by atoms with E-state index >= 15 is 0 Å². The zero-order chi connectivity index (χ0) is 43.7. The molecule has 0 spiro atoms. The highest BCUT2D eigenvalue weighted by atomic mass is 16.6. The minimum atomic E-state index is -0.784. The number of allylic oxidation sites excluding steroid dienone is 8. The minimum absolute atomic E-state index is 0.0847. The van der Waals surface area contributed by atoms with Gasteiger partial charge in [-0.1, -0.05) is 191 Å². The maximum atomic E-state index is 12.8. The maximum absolute atomic E-state index is 12.8. The highest BCUT2D eigenvalue weighted by Crippen LogP contribution is 2.14. The molecule has 60 heavy (non-hydrogen) atoms. The summed E-state index contributed by atoms with van der Waals surface area (Å²) in [4.78, 5) is 37.9. The fourth-order valence-corrected chi connectivity index (χ4v) is 7.09. The summed E-state index contributed by atoms with van der Waals surface area (Å²) >= 11 is 0. The van der Waals surface area contributed by atoms with E-state index in [2.05, 4.69) is 69.4 Å². The van der Waals surface area contributed by atoms with Gasteiger partial charge in [0.2, 0.25) is 0 Å². The Morgan fingerprint density at radius 2 is 0.617 bits per heavy atom. The summed E-state index contributed by atoms with van der Waals surface area (Å²) in [7, 11) is 0. The molecule has 0 amide bonds. The Hall–Kier alpha value is -2.63. The molecular formula is C54H96O6. The molecule has 0 bridgehead atoms. The van der Waals surface area contributed by atoms with E-state index < -0.39 is 6.10 Å². The van der Waals surface area contributed by atoms with Crippen molar-refractivity contribution in [3.05, 3.63) is 48.6 Å². The minimum Gasteiger partial charge on any atom is -0.462 e. The molecule has 0 rings (SSSR count). The highest BCUT2D eigenvalue weighted by molar-refractivity contribution is 5.71. The Labute approximate surface area is 371 Å². The Bertz CT molecular complexity index is 1060. The third-order valence-electron chi connectivity index (χ3n) is 11.0. The van der Waals surface area contributed by atoms with Crippen molar-refractivity contribution < 1.29 is 28.6 Å². The molecule has 0 aromatic carbocycles. The fourth-order valence-electron chi connectivity index (χ4n) is 7.09. The fraction of sp³-hybridized carbons (Fsp3) is 0.796. The molecule has 348 valence electrons. The number of unbranched alkanes of at least 4 members (excludes halogenated alkanes) is 27. The summed E-state index contributed by atoms with van der Waals surface area (Å²) in [5.74, 6) is -0.910. The Kier molecular flexibility index (Phi) is 46.9. The van der Waals surface area contributed by atoms with Crippen LogP contribution >= 0.6 is 0 Å². The van der Waals surface area contributed by atoms with Gasteiger partial charge < -0.3 is 14.2 Å². The van der Waals surface area contributed by atoms with E-state index in [1.54, 1.807) is 0 Å². The number of hydrogen-bond donors (Lipinski definition) is 0. The van der Waals surface area contributed by atoms with E-state index in [1.165, 1.54) is 122 Å². The predicted molar refractivity (Wildman–Crippen MR) is 256 cm³/mol. The average Bonchev–Trinajstić information content (AvgIpc) is 3.24. The molecule has 6 nitrogen and oxygen atoms in total. The van der Waals surface area contributed by atoms with Gasteiger partial charge in [0, 0.05) is 19.3 Å². The molecule has 0 saturated carbocycles. The Morgan fingerprint density at radius 3 is 0.983 bits per heavy atom. The third kappa shape index (κ3) is 46.4. The topological polar surface area (TPSA) is 78.9 Å². The summed E-state index contributed by atoms with van der Waals surface area (Å²) in [6, 6.07) is 0. The zero-order valence-corrected chi connectivity index (χ0v) is 39.7. The van der Waals surface area contributed by atoms with Crippen molar-refractivity contribution in [2.45, 2.75) is 264 Å². The summed E-state index contributed by atoms with van der Waals surface area (Å²) in [5.41, 5.74) is 0. The van der Waals surface area contributed by atoms with Crippen LogP contribution in [0.4, 0.5) is 0 Å². The smallest absolute Gasteiger partial charge is 0.306 e. The molecule has 0 aromatic heterocycles. The lowest BCUT2D eigenvalue weighted by Gasteiger charge is -2.18. The van der Waals surface area contributed by atoms with Gasteiger partial charge in [0.25, 0.3) is 0 Å². The maximum Gasteiger partial charge on any atom is 0.306 e. The van der Waals surface area contributed by atoms with E-state index in [-0.39, 0.29) is 31.1 Å². The van der Waals surface area contributed by atoms with Gasteiger partial charge >= 0.3 is 17.9 Å². The van der Waals surface area contributed by atoms with Crippen molar-refractivity contribution in [2.24, 2.45) is 0 Å². The van der Waals surface area contributed by atoms with E-state index in [0.29, 0.717) is 19.3 Å². The molecule has 0 unspecified atom stereocenters. The van der Waals surface area contributed by atoms with Crippen LogP contribution in [-0.2, 0) is 28.6 Å². The van der Waals surface area contributed by atoms with E-state index in [0.717, 1.165) is 96.3 Å². The number of hydrogen-bond acceptors (Lipinski definition) is 6. The van der Waals surface area contributed by atoms with Crippen molar-refractivity contribution >= 4 is 17.9 Å². The van der Waals surface area contributed by atoms with Gasteiger partial charge in [0.1, 0.15) is 13.2 Å². The SMILES string of the molecule is CCCC/C=C\C/C=C\CCCCCCCC(=O)OC[C@@H](COC(=O)CCCCCCC/C=C\CCCCCCC)OC(=O)CCCCCCC/C=C\CCCCCCC. The predicted octanol–water partition coefficient (Wildman–Crippen LogP) is 16.7. The van der Waals surface area contributed by atoms with E-state index in [4.69, 9.17) is 14.2 Å². The van der Waals surface area contributed by atoms with E-state index in [9.17, 15) is 14.4 Å². The zero-order valence-electron chi connectivity index (χ0n) is 39.7. The molecule has 0 heterocycles.